The minimum absolute atomic E-state index is 0.577. The lowest BCUT2D eigenvalue weighted by molar-refractivity contribution is 0.159. The van der Waals surface area contributed by atoms with Crippen molar-refractivity contribution in [3.05, 3.63) is 35.9 Å². The van der Waals surface area contributed by atoms with Crippen LogP contribution in [0.4, 0.5) is 0 Å². The third kappa shape index (κ3) is 4.45. The molecule has 1 rings (SSSR count). The number of ether oxygens (including phenoxy) is 1. The average Bonchev–Trinajstić information content (AvgIpc) is 2.27. The lowest BCUT2D eigenvalue weighted by atomic mass is 10.0. The van der Waals surface area contributed by atoms with E-state index in [9.17, 15) is 0 Å². The fourth-order valence-corrected chi connectivity index (χ4v) is 1.69. The van der Waals surface area contributed by atoms with Crippen LogP contribution in [0.25, 0.3) is 0 Å². The SMILES string of the molecule is COCCN(C)C[C@H](C)c1ccccc1. The number of hydrogen-bond donors (Lipinski definition) is 0. The lowest BCUT2D eigenvalue weighted by Gasteiger charge is -2.21. The maximum Gasteiger partial charge on any atom is 0.0589 e. The molecule has 2 nitrogen and oxygen atoms in total. The quantitative estimate of drug-likeness (QED) is 0.710. The van der Waals surface area contributed by atoms with Gasteiger partial charge in [0.2, 0.25) is 0 Å². The van der Waals surface area contributed by atoms with Crippen LogP contribution in [-0.4, -0.2) is 38.8 Å². The Morgan fingerprint density at radius 2 is 1.93 bits per heavy atom. The Balaban J connectivity index is 2.38. The minimum Gasteiger partial charge on any atom is -0.383 e. The molecule has 0 saturated carbocycles. The molecular formula is C13H21NO. The Morgan fingerprint density at radius 3 is 2.53 bits per heavy atom. The summed E-state index contributed by atoms with van der Waals surface area (Å²) in [7, 11) is 3.88. The molecule has 0 N–H and O–H groups in total. The van der Waals surface area contributed by atoms with Gasteiger partial charge in [-0.15, -0.1) is 0 Å². The molecule has 0 spiro atoms. The second kappa shape index (κ2) is 6.59. The zero-order valence-electron chi connectivity index (χ0n) is 9.94. The topological polar surface area (TPSA) is 12.5 Å². The van der Waals surface area contributed by atoms with E-state index in [2.05, 4.69) is 49.2 Å². The summed E-state index contributed by atoms with van der Waals surface area (Å²) in [5.74, 6) is 0.577. The first kappa shape index (κ1) is 12.2. The maximum atomic E-state index is 5.06. The molecule has 0 bridgehead atoms. The highest BCUT2D eigenvalue weighted by Gasteiger charge is 2.07. The van der Waals surface area contributed by atoms with Crippen molar-refractivity contribution >= 4 is 0 Å². The van der Waals surface area contributed by atoms with Gasteiger partial charge in [-0.2, -0.15) is 0 Å². The van der Waals surface area contributed by atoms with Gasteiger partial charge in [0.15, 0.2) is 0 Å². The van der Waals surface area contributed by atoms with Crippen molar-refractivity contribution in [3.8, 4) is 0 Å². The first-order valence-corrected chi connectivity index (χ1v) is 5.46. The van der Waals surface area contributed by atoms with E-state index in [1.54, 1.807) is 7.11 Å². The van der Waals surface area contributed by atoms with Crippen molar-refractivity contribution < 1.29 is 4.74 Å². The second-order valence-electron chi connectivity index (χ2n) is 4.07. The van der Waals surface area contributed by atoms with Crippen LogP contribution in [0, 0.1) is 0 Å². The van der Waals surface area contributed by atoms with Crippen LogP contribution < -0.4 is 0 Å². The Bertz CT molecular complexity index is 260. The maximum absolute atomic E-state index is 5.06. The Hall–Kier alpha value is -0.860. The highest BCUT2D eigenvalue weighted by atomic mass is 16.5. The number of hydrogen-bond acceptors (Lipinski definition) is 2. The van der Waals surface area contributed by atoms with E-state index in [1.165, 1.54) is 5.56 Å². The van der Waals surface area contributed by atoms with Gasteiger partial charge in [-0.3, -0.25) is 0 Å². The Labute approximate surface area is 92.9 Å². The summed E-state index contributed by atoms with van der Waals surface area (Å²) in [5.41, 5.74) is 1.40. The van der Waals surface area contributed by atoms with Gasteiger partial charge in [0, 0.05) is 20.2 Å². The molecule has 0 aliphatic heterocycles. The van der Waals surface area contributed by atoms with Crippen LogP contribution in [0.2, 0.25) is 0 Å². The summed E-state index contributed by atoms with van der Waals surface area (Å²) in [6.07, 6.45) is 0. The van der Waals surface area contributed by atoms with Gasteiger partial charge in [-0.1, -0.05) is 37.3 Å². The van der Waals surface area contributed by atoms with E-state index in [0.29, 0.717) is 5.92 Å². The highest BCUT2D eigenvalue weighted by Crippen LogP contribution is 2.14. The Morgan fingerprint density at radius 1 is 1.27 bits per heavy atom. The van der Waals surface area contributed by atoms with Gasteiger partial charge in [0.1, 0.15) is 0 Å². The number of methoxy groups -OCH3 is 1. The third-order valence-electron chi connectivity index (χ3n) is 2.63. The number of likely N-dealkylation sites (N-methyl/N-ethyl adjacent to an activating group) is 1. The molecule has 84 valence electrons. The third-order valence-corrected chi connectivity index (χ3v) is 2.63. The molecule has 0 radical (unpaired) electrons. The van der Waals surface area contributed by atoms with Gasteiger partial charge < -0.3 is 9.64 Å². The molecular weight excluding hydrogens is 186 g/mol. The fraction of sp³-hybridized carbons (Fsp3) is 0.538. The van der Waals surface area contributed by atoms with Crippen molar-refractivity contribution in [2.75, 3.05) is 33.9 Å². The molecule has 0 aliphatic rings. The van der Waals surface area contributed by atoms with Crippen LogP contribution in [-0.2, 0) is 4.74 Å². The summed E-state index contributed by atoms with van der Waals surface area (Å²) < 4.78 is 5.06. The molecule has 0 amide bonds. The second-order valence-corrected chi connectivity index (χ2v) is 4.07. The van der Waals surface area contributed by atoms with Crippen molar-refractivity contribution in [3.63, 3.8) is 0 Å². The highest BCUT2D eigenvalue weighted by molar-refractivity contribution is 5.18. The van der Waals surface area contributed by atoms with Crippen LogP contribution >= 0.6 is 0 Å². The molecule has 0 fully saturated rings. The average molecular weight is 207 g/mol. The fourth-order valence-electron chi connectivity index (χ4n) is 1.69. The molecule has 1 aromatic carbocycles. The molecule has 0 heterocycles. The van der Waals surface area contributed by atoms with E-state index in [1.807, 2.05) is 0 Å². The van der Waals surface area contributed by atoms with E-state index >= 15 is 0 Å². The van der Waals surface area contributed by atoms with Crippen molar-refractivity contribution in [1.29, 1.82) is 0 Å². The zero-order valence-corrected chi connectivity index (χ0v) is 9.94. The first-order chi connectivity index (χ1) is 7.24. The van der Waals surface area contributed by atoms with Gasteiger partial charge in [-0.25, -0.2) is 0 Å². The van der Waals surface area contributed by atoms with E-state index in [0.717, 1.165) is 19.7 Å². The number of rotatable bonds is 6. The summed E-state index contributed by atoms with van der Waals surface area (Å²) in [6, 6.07) is 10.6. The lowest BCUT2D eigenvalue weighted by Crippen LogP contribution is -2.26. The molecule has 1 atom stereocenters. The van der Waals surface area contributed by atoms with Crippen molar-refractivity contribution in [2.24, 2.45) is 0 Å². The predicted octanol–water partition coefficient (Wildman–Crippen LogP) is 2.37. The van der Waals surface area contributed by atoms with E-state index < -0.39 is 0 Å². The molecule has 0 saturated heterocycles. The van der Waals surface area contributed by atoms with Crippen molar-refractivity contribution in [2.45, 2.75) is 12.8 Å². The largest absolute Gasteiger partial charge is 0.383 e. The summed E-state index contributed by atoms with van der Waals surface area (Å²) in [6.45, 7) is 5.14. The van der Waals surface area contributed by atoms with Crippen LogP contribution in [0.5, 0.6) is 0 Å². The summed E-state index contributed by atoms with van der Waals surface area (Å²) >= 11 is 0. The van der Waals surface area contributed by atoms with Gasteiger partial charge in [-0.05, 0) is 18.5 Å². The molecule has 0 aliphatic carbocycles. The summed E-state index contributed by atoms with van der Waals surface area (Å²) in [4.78, 5) is 2.31. The minimum atomic E-state index is 0.577. The summed E-state index contributed by atoms with van der Waals surface area (Å²) in [5, 5.41) is 0. The molecule has 2 heteroatoms. The first-order valence-electron chi connectivity index (χ1n) is 5.46. The van der Waals surface area contributed by atoms with E-state index in [-0.39, 0.29) is 0 Å². The van der Waals surface area contributed by atoms with Gasteiger partial charge >= 0.3 is 0 Å². The smallest absolute Gasteiger partial charge is 0.0589 e. The monoisotopic (exact) mass is 207 g/mol. The van der Waals surface area contributed by atoms with Gasteiger partial charge in [0.05, 0.1) is 6.61 Å². The van der Waals surface area contributed by atoms with Crippen molar-refractivity contribution in [1.82, 2.24) is 4.90 Å². The van der Waals surface area contributed by atoms with Crippen LogP contribution in [0.15, 0.2) is 30.3 Å². The van der Waals surface area contributed by atoms with Crippen LogP contribution in [0.1, 0.15) is 18.4 Å². The number of nitrogens with zero attached hydrogens (tertiary/aromatic N) is 1. The number of benzene rings is 1. The van der Waals surface area contributed by atoms with Gasteiger partial charge in [0.25, 0.3) is 0 Å². The predicted molar refractivity (Wildman–Crippen MR) is 64.2 cm³/mol. The molecule has 15 heavy (non-hydrogen) atoms. The molecule has 0 unspecified atom stereocenters. The van der Waals surface area contributed by atoms with E-state index in [4.69, 9.17) is 4.74 Å². The normalized spacial score (nSPS) is 13.1. The molecule has 0 aromatic heterocycles. The Kier molecular flexibility index (Phi) is 5.37. The van der Waals surface area contributed by atoms with Crippen LogP contribution in [0.3, 0.4) is 0 Å². The standard InChI is InChI=1S/C13H21NO/c1-12(11-14(2)9-10-15-3)13-7-5-4-6-8-13/h4-8,12H,9-11H2,1-3H3/t12-/m0/s1. The molecule has 1 aromatic rings. The zero-order chi connectivity index (χ0) is 11.1.